The van der Waals surface area contributed by atoms with Crippen molar-refractivity contribution in [3.63, 3.8) is 0 Å². The molecule has 0 unspecified atom stereocenters. The molecule has 0 amide bonds. The summed E-state index contributed by atoms with van der Waals surface area (Å²) in [4.78, 5) is 5.64. The van der Waals surface area contributed by atoms with E-state index < -0.39 is 23.5 Å². The molecule has 1 heterocycles. The summed E-state index contributed by atoms with van der Waals surface area (Å²) in [5.41, 5.74) is 0.0189. The first kappa shape index (κ1) is 18.2. The number of imidazole rings is 1. The van der Waals surface area contributed by atoms with Crippen molar-refractivity contribution in [2.75, 3.05) is 0 Å². The van der Waals surface area contributed by atoms with E-state index >= 15 is 0 Å². The van der Waals surface area contributed by atoms with E-state index in [1.165, 1.54) is 24.3 Å². The molecule has 1 aromatic heterocycles. The average Bonchev–Trinajstić information content (AvgIpc) is 2.95. The Kier molecular flexibility index (Phi) is 4.43. The normalized spacial score (nSPS) is 12.4. The molecule has 0 bridgehead atoms. The van der Waals surface area contributed by atoms with Crippen LogP contribution in [0.4, 0.5) is 26.3 Å². The van der Waals surface area contributed by atoms with Crippen LogP contribution in [0.5, 0.6) is 0 Å². The lowest BCUT2D eigenvalue weighted by Gasteiger charge is -2.09. The zero-order valence-corrected chi connectivity index (χ0v) is 13.6. The standard InChI is InChI=1S/C17H10F6N2S/c18-16(19,20)11-5-1-9(2-6-11)13-14(25-15(26)24-13)10-3-7-12(8-4-10)17(21,22)23/h1-8H,(H2,24,25,26). The van der Waals surface area contributed by atoms with E-state index in [0.29, 0.717) is 22.5 Å². The van der Waals surface area contributed by atoms with Crippen molar-refractivity contribution >= 4 is 12.2 Å². The van der Waals surface area contributed by atoms with Gasteiger partial charge in [0.05, 0.1) is 22.5 Å². The first-order valence-electron chi connectivity index (χ1n) is 7.23. The smallest absolute Gasteiger partial charge is 0.330 e. The van der Waals surface area contributed by atoms with Crippen LogP contribution in [0.15, 0.2) is 48.5 Å². The molecule has 2 aromatic carbocycles. The Balaban J connectivity index is 2.03. The van der Waals surface area contributed by atoms with Gasteiger partial charge in [-0.1, -0.05) is 24.3 Å². The summed E-state index contributed by atoms with van der Waals surface area (Å²) < 4.78 is 76.3. The Morgan fingerprint density at radius 3 is 1.15 bits per heavy atom. The van der Waals surface area contributed by atoms with Crippen molar-refractivity contribution in [1.29, 1.82) is 0 Å². The SMILES string of the molecule is FC(F)(F)c1ccc(-c2[nH]c(=S)[nH]c2-c2ccc(C(F)(F)F)cc2)cc1. The van der Waals surface area contributed by atoms with Gasteiger partial charge in [-0.05, 0) is 36.5 Å². The molecular formula is C17H10F6N2S. The van der Waals surface area contributed by atoms with Crippen molar-refractivity contribution in [2.24, 2.45) is 0 Å². The van der Waals surface area contributed by atoms with Crippen LogP contribution in [0.2, 0.25) is 0 Å². The van der Waals surface area contributed by atoms with Gasteiger partial charge < -0.3 is 9.97 Å². The molecule has 0 aliphatic heterocycles. The molecule has 0 radical (unpaired) electrons. The maximum atomic E-state index is 12.7. The number of benzene rings is 2. The molecule has 0 saturated heterocycles. The first-order valence-corrected chi connectivity index (χ1v) is 7.64. The molecule has 0 fully saturated rings. The molecule has 0 saturated carbocycles. The van der Waals surface area contributed by atoms with Crippen LogP contribution < -0.4 is 0 Å². The quantitative estimate of drug-likeness (QED) is 0.384. The van der Waals surface area contributed by atoms with Crippen molar-refractivity contribution in [3.8, 4) is 22.5 Å². The fourth-order valence-electron chi connectivity index (χ4n) is 2.47. The van der Waals surface area contributed by atoms with E-state index in [-0.39, 0.29) is 4.77 Å². The van der Waals surface area contributed by atoms with Gasteiger partial charge in [0.2, 0.25) is 0 Å². The Morgan fingerprint density at radius 2 is 0.885 bits per heavy atom. The van der Waals surface area contributed by atoms with Gasteiger partial charge in [-0.15, -0.1) is 0 Å². The maximum absolute atomic E-state index is 12.7. The van der Waals surface area contributed by atoms with Crippen LogP contribution in [-0.4, -0.2) is 9.97 Å². The minimum absolute atomic E-state index is 0.204. The summed E-state index contributed by atoms with van der Waals surface area (Å²) in [7, 11) is 0. The highest BCUT2D eigenvalue weighted by Crippen LogP contribution is 2.35. The number of aromatic amines is 2. The second-order valence-corrected chi connectivity index (χ2v) is 5.89. The number of hydrogen-bond donors (Lipinski definition) is 2. The van der Waals surface area contributed by atoms with Crippen LogP contribution in [0.1, 0.15) is 11.1 Å². The third-order valence-electron chi connectivity index (χ3n) is 3.73. The predicted octanol–water partition coefficient (Wildman–Crippen LogP) is 6.44. The van der Waals surface area contributed by atoms with Crippen molar-refractivity contribution in [1.82, 2.24) is 9.97 Å². The summed E-state index contributed by atoms with van der Waals surface area (Å²) in [5, 5.41) is 0. The van der Waals surface area contributed by atoms with E-state index in [4.69, 9.17) is 12.2 Å². The number of hydrogen-bond acceptors (Lipinski definition) is 1. The molecule has 3 rings (SSSR count). The van der Waals surface area contributed by atoms with Crippen LogP contribution >= 0.6 is 12.2 Å². The zero-order valence-electron chi connectivity index (χ0n) is 12.8. The summed E-state index contributed by atoms with van der Waals surface area (Å²) in [6.45, 7) is 0. The lowest BCUT2D eigenvalue weighted by atomic mass is 10.0. The van der Waals surface area contributed by atoms with Crippen LogP contribution in [0.25, 0.3) is 22.5 Å². The molecule has 0 spiro atoms. The molecule has 0 aliphatic carbocycles. The van der Waals surface area contributed by atoms with E-state index in [1.807, 2.05) is 0 Å². The molecule has 0 aliphatic rings. The van der Waals surface area contributed by atoms with Crippen molar-refractivity contribution in [3.05, 3.63) is 64.4 Å². The van der Waals surface area contributed by atoms with Crippen molar-refractivity contribution in [2.45, 2.75) is 12.4 Å². The van der Waals surface area contributed by atoms with Gasteiger partial charge >= 0.3 is 12.4 Å². The fraction of sp³-hybridized carbons (Fsp3) is 0.118. The topological polar surface area (TPSA) is 31.6 Å². The molecule has 136 valence electrons. The molecule has 9 heteroatoms. The molecule has 26 heavy (non-hydrogen) atoms. The summed E-state index contributed by atoms with van der Waals surface area (Å²) in [6, 6.07) is 8.78. The molecule has 3 aromatic rings. The molecular weight excluding hydrogens is 378 g/mol. The van der Waals surface area contributed by atoms with E-state index in [0.717, 1.165) is 24.3 Å². The minimum atomic E-state index is -4.46. The predicted molar refractivity (Wildman–Crippen MR) is 86.9 cm³/mol. The number of alkyl halides is 6. The van der Waals surface area contributed by atoms with Crippen LogP contribution in [0, 0.1) is 4.77 Å². The monoisotopic (exact) mass is 388 g/mol. The van der Waals surface area contributed by atoms with Gasteiger partial charge in [-0.2, -0.15) is 26.3 Å². The number of rotatable bonds is 2. The average molecular weight is 388 g/mol. The second kappa shape index (κ2) is 6.31. The highest BCUT2D eigenvalue weighted by Gasteiger charge is 2.31. The van der Waals surface area contributed by atoms with E-state index in [1.54, 1.807) is 0 Å². The Bertz CT molecular complexity index is 885. The van der Waals surface area contributed by atoms with Gasteiger partial charge in [-0.3, -0.25) is 0 Å². The third-order valence-corrected chi connectivity index (χ3v) is 3.93. The van der Waals surface area contributed by atoms with Gasteiger partial charge in [-0.25, -0.2) is 0 Å². The highest BCUT2D eigenvalue weighted by atomic mass is 32.1. The minimum Gasteiger partial charge on any atom is -0.330 e. The van der Waals surface area contributed by atoms with Gasteiger partial charge in [0.15, 0.2) is 4.77 Å². The van der Waals surface area contributed by atoms with Gasteiger partial charge in [0.1, 0.15) is 0 Å². The van der Waals surface area contributed by atoms with E-state index in [2.05, 4.69) is 9.97 Å². The lowest BCUT2D eigenvalue weighted by Crippen LogP contribution is -2.04. The zero-order chi connectivity index (χ0) is 19.1. The third kappa shape index (κ3) is 3.67. The fourth-order valence-corrected chi connectivity index (χ4v) is 2.67. The summed E-state index contributed by atoms with van der Waals surface area (Å²) in [6.07, 6.45) is -8.92. The van der Waals surface area contributed by atoms with Crippen LogP contribution in [0.3, 0.4) is 0 Å². The lowest BCUT2D eigenvalue weighted by molar-refractivity contribution is -0.138. The first-order chi connectivity index (χ1) is 12.1. The van der Waals surface area contributed by atoms with Gasteiger partial charge in [0.25, 0.3) is 0 Å². The highest BCUT2D eigenvalue weighted by molar-refractivity contribution is 7.71. The Hall–Kier alpha value is -2.55. The van der Waals surface area contributed by atoms with Crippen molar-refractivity contribution < 1.29 is 26.3 Å². The largest absolute Gasteiger partial charge is 0.416 e. The van der Waals surface area contributed by atoms with Crippen LogP contribution in [-0.2, 0) is 12.4 Å². The number of halogens is 6. The molecule has 0 atom stereocenters. The number of H-pyrrole nitrogens is 2. The number of aromatic nitrogens is 2. The summed E-state index contributed by atoms with van der Waals surface area (Å²) in [5.74, 6) is 0. The summed E-state index contributed by atoms with van der Waals surface area (Å²) >= 11 is 5.02. The maximum Gasteiger partial charge on any atom is 0.416 e. The Labute approximate surface area is 148 Å². The molecule has 2 N–H and O–H groups in total. The molecule has 2 nitrogen and oxygen atoms in total. The number of nitrogens with one attached hydrogen (secondary N) is 2. The second-order valence-electron chi connectivity index (χ2n) is 5.48. The van der Waals surface area contributed by atoms with E-state index in [9.17, 15) is 26.3 Å². The van der Waals surface area contributed by atoms with Gasteiger partial charge in [0, 0.05) is 11.1 Å². The Morgan fingerprint density at radius 1 is 0.577 bits per heavy atom.